The third kappa shape index (κ3) is 7.14. The molecule has 41 heavy (non-hydrogen) atoms. The third-order valence-electron chi connectivity index (χ3n) is 6.92. The fraction of sp³-hybridized carbons (Fsp3) is 0.194. The monoisotopic (exact) mass is 558 g/mol. The number of benzene rings is 5. The summed E-state index contributed by atoms with van der Waals surface area (Å²) in [5, 5.41) is 6.02. The molecule has 0 aliphatic rings. The number of unbranched alkanes of at least 4 members (excludes halogenated alkanes) is 4. The van der Waals surface area contributed by atoms with Gasteiger partial charge in [-0.2, -0.15) is 0 Å². The first-order chi connectivity index (χ1) is 20.0. The average molecular weight is 559 g/mol. The molecule has 0 N–H and O–H groups in total. The smallest absolute Gasteiger partial charge is 0.339 e. The Morgan fingerprint density at radius 3 is 2.02 bits per heavy atom. The lowest BCUT2D eigenvalue weighted by Gasteiger charge is -2.05. The zero-order valence-corrected chi connectivity index (χ0v) is 23.5. The van der Waals surface area contributed by atoms with Gasteiger partial charge in [0.25, 0.3) is 0 Å². The van der Waals surface area contributed by atoms with E-state index in [-0.39, 0.29) is 18.3 Å². The van der Waals surface area contributed by atoms with Gasteiger partial charge in [0.05, 0.1) is 10.5 Å². The minimum absolute atomic E-state index is 0.0608. The molecular formula is C36H30O4S. The molecule has 0 aliphatic carbocycles. The van der Waals surface area contributed by atoms with Gasteiger partial charge in [0.1, 0.15) is 5.75 Å². The molecule has 4 nitrogen and oxygen atoms in total. The normalized spacial score (nSPS) is 11.0. The summed E-state index contributed by atoms with van der Waals surface area (Å²) in [5.74, 6) is 11.2. The van der Waals surface area contributed by atoms with Crippen molar-refractivity contribution in [3.63, 3.8) is 0 Å². The lowest BCUT2D eigenvalue weighted by molar-refractivity contribution is 0.0556. The summed E-state index contributed by atoms with van der Waals surface area (Å²) >= 11 is 0. The van der Waals surface area contributed by atoms with Crippen molar-refractivity contribution in [3.8, 4) is 23.7 Å². The minimum Gasteiger partial charge on any atom is -0.449 e. The van der Waals surface area contributed by atoms with Gasteiger partial charge in [0.15, 0.2) is 16.4 Å². The lowest BCUT2D eigenvalue weighted by atomic mass is 10.0. The van der Waals surface area contributed by atoms with Gasteiger partial charge in [-0.25, -0.2) is 13.2 Å². The fourth-order valence-corrected chi connectivity index (χ4v) is 6.03. The van der Waals surface area contributed by atoms with Crippen LogP contribution >= 0.6 is 0 Å². The molecule has 0 saturated heterocycles. The van der Waals surface area contributed by atoms with E-state index in [9.17, 15) is 13.2 Å². The van der Waals surface area contributed by atoms with Crippen molar-refractivity contribution in [2.45, 2.75) is 37.0 Å². The van der Waals surface area contributed by atoms with Crippen LogP contribution in [0.15, 0.2) is 102 Å². The van der Waals surface area contributed by atoms with Crippen LogP contribution in [0.1, 0.15) is 42.5 Å². The molecule has 5 rings (SSSR count). The molecule has 0 unspecified atom stereocenters. The van der Waals surface area contributed by atoms with E-state index in [4.69, 9.17) is 4.74 Å². The van der Waals surface area contributed by atoms with Crippen molar-refractivity contribution in [2.24, 2.45) is 0 Å². The maximum atomic E-state index is 12.8. The molecule has 5 aromatic rings. The van der Waals surface area contributed by atoms with Gasteiger partial charge < -0.3 is 4.74 Å². The van der Waals surface area contributed by atoms with E-state index in [0.29, 0.717) is 23.3 Å². The number of rotatable bonds is 8. The Kier molecular flexibility index (Phi) is 8.99. The number of hydrogen-bond acceptors (Lipinski definition) is 4. The molecule has 204 valence electrons. The summed E-state index contributed by atoms with van der Waals surface area (Å²) in [5.41, 5.74) is 0.514. The first kappa shape index (κ1) is 28.0. The predicted molar refractivity (Wildman–Crippen MR) is 166 cm³/mol. The quantitative estimate of drug-likeness (QED) is 0.0846. The molecule has 0 heterocycles. The summed E-state index contributed by atoms with van der Waals surface area (Å²) in [4.78, 5) is 12.8. The predicted octanol–water partition coefficient (Wildman–Crippen LogP) is 7.73. The highest BCUT2D eigenvalue weighted by atomic mass is 32.2. The van der Waals surface area contributed by atoms with Crippen molar-refractivity contribution >= 4 is 48.1 Å². The van der Waals surface area contributed by atoms with E-state index in [2.05, 4.69) is 47.9 Å². The molecule has 0 spiro atoms. The second-order valence-electron chi connectivity index (χ2n) is 9.84. The number of carbonyl (C=O) groups is 1. The Hall–Kier alpha value is -4.58. The molecule has 0 radical (unpaired) electrons. The second kappa shape index (κ2) is 13.2. The maximum Gasteiger partial charge on any atom is 0.339 e. The second-order valence-corrected chi connectivity index (χ2v) is 11.8. The largest absolute Gasteiger partial charge is 0.449 e. The molecule has 0 amide bonds. The molecule has 0 saturated carbocycles. The molecule has 5 aromatic carbocycles. The van der Waals surface area contributed by atoms with Crippen LogP contribution in [-0.2, 0) is 14.6 Å². The Morgan fingerprint density at radius 2 is 1.24 bits per heavy atom. The summed E-state index contributed by atoms with van der Waals surface area (Å²) in [6.07, 6.45) is 4.11. The highest BCUT2D eigenvalue weighted by Gasteiger charge is 2.15. The fourth-order valence-electron chi connectivity index (χ4n) is 4.77. The van der Waals surface area contributed by atoms with E-state index in [1.54, 1.807) is 18.2 Å². The first-order valence-corrected chi connectivity index (χ1v) is 15.4. The zero-order valence-electron chi connectivity index (χ0n) is 22.7. The number of fused-ring (bicyclic) bond motifs is 3. The molecule has 5 heteroatoms. The Labute approximate surface area is 241 Å². The van der Waals surface area contributed by atoms with Gasteiger partial charge in [-0.15, -0.1) is 5.92 Å². The number of carbonyl (C=O) groups excluding carboxylic acids is 1. The van der Waals surface area contributed by atoms with Crippen molar-refractivity contribution in [1.29, 1.82) is 0 Å². The summed E-state index contributed by atoms with van der Waals surface area (Å²) in [7, 11) is -3.47. The van der Waals surface area contributed by atoms with Crippen LogP contribution < -0.4 is 0 Å². The Bertz CT molecular complexity index is 1940. The number of sulfone groups is 1. The Morgan fingerprint density at radius 1 is 0.610 bits per heavy atom. The van der Waals surface area contributed by atoms with E-state index in [1.165, 1.54) is 5.39 Å². The maximum absolute atomic E-state index is 12.8. The van der Waals surface area contributed by atoms with Crippen LogP contribution in [0, 0.1) is 23.7 Å². The minimum atomic E-state index is -3.47. The standard InChI is InChI=1S/C36H30O4S/c37-36(32-22-21-31-25-29-16-8-9-17-30(29)26-33(31)27-32)40-23-12-6-4-2-1-3-5-7-13-24-41(38,39)35-20-14-18-28-15-10-11-19-34(28)35/h8-11,14-22,25-27H,1-5,23-24H2. The van der Waals surface area contributed by atoms with E-state index in [1.807, 2.05) is 54.6 Å². The van der Waals surface area contributed by atoms with Crippen molar-refractivity contribution in [3.05, 3.63) is 103 Å². The summed E-state index contributed by atoms with van der Waals surface area (Å²) in [6, 6.07) is 30.7. The molecule has 0 aliphatic heterocycles. The van der Waals surface area contributed by atoms with Crippen LogP contribution in [-0.4, -0.2) is 26.7 Å². The molecule has 0 atom stereocenters. The summed E-state index contributed by atoms with van der Waals surface area (Å²) < 4.78 is 30.9. The van der Waals surface area contributed by atoms with Crippen molar-refractivity contribution < 1.29 is 17.9 Å². The Balaban J connectivity index is 1.00. The molecule has 0 aromatic heterocycles. The zero-order chi connectivity index (χ0) is 28.5. The number of hydrogen-bond donors (Lipinski definition) is 0. The van der Waals surface area contributed by atoms with Gasteiger partial charge in [0.2, 0.25) is 0 Å². The van der Waals surface area contributed by atoms with E-state index >= 15 is 0 Å². The van der Waals surface area contributed by atoms with Crippen LogP contribution in [0.2, 0.25) is 0 Å². The topological polar surface area (TPSA) is 60.4 Å². The highest BCUT2D eigenvalue weighted by Crippen LogP contribution is 2.25. The van der Waals surface area contributed by atoms with E-state index in [0.717, 1.165) is 46.2 Å². The van der Waals surface area contributed by atoms with Crippen LogP contribution in [0.5, 0.6) is 0 Å². The first-order valence-electron chi connectivity index (χ1n) is 13.7. The molecular weight excluding hydrogens is 528 g/mol. The van der Waals surface area contributed by atoms with Gasteiger partial charge in [0, 0.05) is 18.2 Å². The van der Waals surface area contributed by atoms with Gasteiger partial charge in [-0.1, -0.05) is 90.9 Å². The van der Waals surface area contributed by atoms with E-state index < -0.39 is 9.84 Å². The lowest BCUT2D eigenvalue weighted by Crippen LogP contribution is -2.05. The van der Waals surface area contributed by atoms with Gasteiger partial charge in [-0.3, -0.25) is 0 Å². The van der Waals surface area contributed by atoms with Gasteiger partial charge in [-0.05, 0) is 70.1 Å². The highest BCUT2D eigenvalue weighted by molar-refractivity contribution is 7.91. The SMILES string of the molecule is O=C(OCC#CCCCCCC#CCS(=O)(=O)c1cccc2ccccc12)c1ccc2cc3ccccc3cc2c1. The number of esters is 1. The van der Waals surface area contributed by atoms with Crippen LogP contribution in [0.3, 0.4) is 0 Å². The van der Waals surface area contributed by atoms with Gasteiger partial charge >= 0.3 is 5.97 Å². The van der Waals surface area contributed by atoms with Crippen molar-refractivity contribution in [2.75, 3.05) is 12.4 Å². The van der Waals surface area contributed by atoms with Crippen LogP contribution in [0.25, 0.3) is 32.3 Å². The molecule has 0 bridgehead atoms. The molecule has 0 fully saturated rings. The number of ether oxygens (including phenoxy) is 1. The van der Waals surface area contributed by atoms with Crippen molar-refractivity contribution in [1.82, 2.24) is 0 Å². The third-order valence-corrected chi connectivity index (χ3v) is 8.47. The summed E-state index contributed by atoms with van der Waals surface area (Å²) in [6.45, 7) is 0.0608. The average Bonchev–Trinajstić information content (AvgIpc) is 2.99. The van der Waals surface area contributed by atoms with Crippen LogP contribution in [0.4, 0.5) is 0 Å².